The Morgan fingerprint density at radius 2 is 2.11 bits per heavy atom. The Balaban J connectivity index is 2.99. The molecule has 0 fully saturated rings. The first-order chi connectivity index (χ1) is 8.60. The van der Waals surface area contributed by atoms with Crippen molar-refractivity contribution in [3.63, 3.8) is 0 Å². The van der Waals surface area contributed by atoms with Gasteiger partial charge in [0.05, 0.1) is 0 Å². The highest BCUT2D eigenvalue weighted by atomic mass is 16.3. The minimum Gasteiger partial charge on any atom is -0.396 e. The first-order valence-electron chi connectivity index (χ1n) is 6.84. The van der Waals surface area contributed by atoms with E-state index < -0.39 is 0 Å². The van der Waals surface area contributed by atoms with Gasteiger partial charge in [0.2, 0.25) is 0 Å². The van der Waals surface area contributed by atoms with E-state index in [9.17, 15) is 4.79 Å². The number of rotatable bonds is 7. The van der Waals surface area contributed by atoms with E-state index in [2.05, 4.69) is 13.8 Å². The maximum atomic E-state index is 12.2. The van der Waals surface area contributed by atoms with Gasteiger partial charge in [0.15, 0.2) is 5.78 Å². The average molecular weight is 248 g/mol. The third-order valence-corrected chi connectivity index (χ3v) is 3.36. The second-order valence-electron chi connectivity index (χ2n) is 5.03. The molecule has 1 aromatic carbocycles. The Labute approximate surface area is 110 Å². The van der Waals surface area contributed by atoms with Gasteiger partial charge in [0, 0.05) is 18.6 Å². The normalized spacial score (nSPS) is 12.4. The second-order valence-corrected chi connectivity index (χ2v) is 5.03. The van der Waals surface area contributed by atoms with Crippen LogP contribution in [0.2, 0.25) is 0 Å². The van der Waals surface area contributed by atoms with Crippen molar-refractivity contribution >= 4 is 5.78 Å². The quantitative estimate of drug-likeness (QED) is 0.744. The van der Waals surface area contributed by atoms with Gasteiger partial charge in [-0.15, -0.1) is 0 Å². The van der Waals surface area contributed by atoms with Crippen LogP contribution in [0.5, 0.6) is 0 Å². The molecule has 0 amide bonds. The number of Topliss-reactive ketones (excluding diaryl/α,β-unsaturated/α-hetero) is 1. The topological polar surface area (TPSA) is 37.3 Å². The smallest absolute Gasteiger partial charge is 0.163 e. The summed E-state index contributed by atoms with van der Waals surface area (Å²) in [5.74, 6) is 0.469. The molecule has 0 spiro atoms. The molecule has 0 saturated heterocycles. The number of unbranched alkanes of at least 4 members (excludes halogenated alkanes) is 1. The van der Waals surface area contributed by atoms with Gasteiger partial charge in [-0.3, -0.25) is 4.79 Å². The van der Waals surface area contributed by atoms with Crippen LogP contribution < -0.4 is 0 Å². The van der Waals surface area contributed by atoms with Gasteiger partial charge in [-0.05, 0) is 37.3 Å². The molecule has 0 aliphatic rings. The standard InChI is InChI=1S/C16H24O2/c1-4-5-6-16(18)15-11-12(2)7-8-14(15)13(3)9-10-17/h7-8,11,13,17H,4-6,9-10H2,1-3H3/t13-/m0/s1. The lowest BCUT2D eigenvalue weighted by Crippen LogP contribution is -2.08. The molecule has 0 heterocycles. The molecular weight excluding hydrogens is 224 g/mol. The highest BCUT2D eigenvalue weighted by molar-refractivity contribution is 5.97. The van der Waals surface area contributed by atoms with Crippen LogP contribution in [-0.2, 0) is 0 Å². The zero-order valence-corrected chi connectivity index (χ0v) is 11.7. The van der Waals surface area contributed by atoms with E-state index in [1.165, 1.54) is 0 Å². The monoisotopic (exact) mass is 248 g/mol. The number of hydrogen-bond acceptors (Lipinski definition) is 2. The fourth-order valence-corrected chi connectivity index (χ4v) is 2.16. The van der Waals surface area contributed by atoms with Gasteiger partial charge < -0.3 is 5.11 Å². The summed E-state index contributed by atoms with van der Waals surface area (Å²) in [4.78, 5) is 12.2. The highest BCUT2D eigenvalue weighted by Gasteiger charge is 2.15. The van der Waals surface area contributed by atoms with Crippen molar-refractivity contribution in [3.8, 4) is 0 Å². The van der Waals surface area contributed by atoms with Gasteiger partial charge in [0.1, 0.15) is 0 Å². The highest BCUT2D eigenvalue weighted by Crippen LogP contribution is 2.25. The molecule has 2 heteroatoms. The van der Waals surface area contributed by atoms with Crippen molar-refractivity contribution in [2.45, 2.75) is 52.4 Å². The van der Waals surface area contributed by atoms with E-state index in [0.717, 1.165) is 29.5 Å². The van der Waals surface area contributed by atoms with Crippen molar-refractivity contribution in [1.82, 2.24) is 0 Å². The molecular formula is C16H24O2. The average Bonchev–Trinajstić information content (AvgIpc) is 2.36. The first kappa shape index (κ1) is 14.9. The van der Waals surface area contributed by atoms with E-state index in [1.807, 2.05) is 25.1 Å². The summed E-state index contributed by atoms with van der Waals surface area (Å²) in [5, 5.41) is 9.04. The lowest BCUT2D eigenvalue weighted by atomic mass is 9.89. The summed E-state index contributed by atoms with van der Waals surface area (Å²) >= 11 is 0. The van der Waals surface area contributed by atoms with Crippen LogP contribution in [0.3, 0.4) is 0 Å². The summed E-state index contributed by atoms with van der Waals surface area (Å²) in [5.41, 5.74) is 3.05. The third kappa shape index (κ3) is 3.95. The Hall–Kier alpha value is -1.15. The Kier molecular flexibility index (Phi) is 6.06. The number of aliphatic hydroxyl groups excluding tert-OH is 1. The van der Waals surface area contributed by atoms with Crippen molar-refractivity contribution in [1.29, 1.82) is 0 Å². The number of aryl methyl sites for hydroxylation is 1. The molecule has 0 saturated carbocycles. The van der Waals surface area contributed by atoms with Crippen molar-refractivity contribution < 1.29 is 9.90 Å². The SMILES string of the molecule is CCCCC(=O)c1cc(C)ccc1[C@@H](C)CCO. The van der Waals surface area contributed by atoms with Gasteiger partial charge >= 0.3 is 0 Å². The zero-order valence-electron chi connectivity index (χ0n) is 11.7. The number of carbonyl (C=O) groups excluding carboxylic acids is 1. The lowest BCUT2D eigenvalue weighted by Gasteiger charge is -2.15. The molecule has 1 aromatic rings. The Bertz CT molecular complexity index is 396. The van der Waals surface area contributed by atoms with Crippen LogP contribution in [0.25, 0.3) is 0 Å². The maximum Gasteiger partial charge on any atom is 0.163 e. The Morgan fingerprint density at radius 1 is 1.39 bits per heavy atom. The minimum atomic E-state index is 0.164. The molecule has 1 N–H and O–H groups in total. The van der Waals surface area contributed by atoms with Gasteiger partial charge in [-0.1, -0.05) is 38.0 Å². The number of benzene rings is 1. The lowest BCUT2D eigenvalue weighted by molar-refractivity contribution is 0.0978. The minimum absolute atomic E-state index is 0.164. The van der Waals surface area contributed by atoms with E-state index in [1.54, 1.807) is 0 Å². The zero-order chi connectivity index (χ0) is 13.5. The maximum absolute atomic E-state index is 12.2. The number of hydrogen-bond donors (Lipinski definition) is 1. The fraction of sp³-hybridized carbons (Fsp3) is 0.562. The number of ketones is 1. The van der Waals surface area contributed by atoms with E-state index in [-0.39, 0.29) is 18.3 Å². The van der Waals surface area contributed by atoms with Gasteiger partial charge in [0.25, 0.3) is 0 Å². The molecule has 0 aromatic heterocycles. The molecule has 1 atom stereocenters. The van der Waals surface area contributed by atoms with Gasteiger partial charge in [-0.2, -0.15) is 0 Å². The first-order valence-corrected chi connectivity index (χ1v) is 6.84. The molecule has 100 valence electrons. The molecule has 0 radical (unpaired) electrons. The summed E-state index contributed by atoms with van der Waals surface area (Å²) in [6.07, 6.45) is 3.32. The summed E-state index contributed by atoms with van der Waals surface area (Å²) < 4.78 is 0. The molecule has 0 aliphatic heterocycles. The second kappa shape index (κ2) is 7.32. The Morgan fingerprint density at radius 3 is 2.72 bits per heavy atom. The van der Waals surface area contributed by atoms with Crippen LogP contribution in [0.1, 0.15) is 66.9 Å². The summed E-state index contributed by atoms with van der Waals surface area (Å²) in [7, 11) is 0. The third-order valence-electron chi connectivity index (χ3n) is 3.36. The van der Waals surface area contributed by atoms with E-state index in [0.29, 0.717) is 12.8 Å². The fourth-order valence-electron chi connectivity index (χ4n) is 2.16. The van der Waals surface area contributed by atoms with Crippen LogP contribution in [0.4, 0.5) is 0 Å². The molecule has 0 aliphatic carbocycles. The predicted octanol–water partition coefficient (Wildman–Crippen LogP) is 3.85. The van der Waals surface area contributed by atoms with E-state index >= 15 is 0 Å². The molecule has 1 rings (SSSR count). The summed E-state index contributed by atoms with van der Waals surface area (Å²) in [6, 6.07) is 6.07. The largest absolute Gasteiger partial charge is 0.396 e. The van der Waals surface area contributed by atoms with Crippen LogP contribution in [0.15, 0.2) is 18.2 Å². The van der Waals surface area contributed by atoms with Crippen LogP contribution in [0, 0.1) is 6.92 Å². The molecule has 18 heavy (non-hydrogen) atoms. The van der Waals surface area contributed by atoms with Crippen LogP contribution in [-0.4, -0.2) is 17.5 Å². The number of carbonyl (C=O) groups is 1. The van der Waals surface area contributed by atoms with Gasteiger partial charge in [-0.25, -0.2) is 0 Å². The summed E-state index contributed by atoms with van der Waals surface area (Å²) in [6.45, 7) is 6.34. The van der Waals surface area contributed by atoms with E-state index in [4.69, 9.17) is 5.11 Å². The molecule has 0 unspecified atom stereocenters. The predicted molar refractivity (Wildman–Crippen MR) is 75.2 cm³/mol. The van der Waals surface area contributed by atoms with Crippen molar-refractivity contribution in [3.05, 3.63) is 34.9 Å². The molecule has 2 nitrogen and oxygen atoms in total. The van der Waals surface area contributed by atoms with Crippen LogP contribution >= 0.6 is 0 Å². The molecule has 0 bridgehead atoms. The van der Waals surface area contributed by atoms with Crippen molar-refractivity contribution in [2.75, 3.05) is 6.61 Å². The van der Waals surface area contributed by atoms with Crippen molar-refractivity contribution in [2.24, 2.45) is 0 Å². The number of aliphatic hydroxyl groups is 1.